The molecular weight excluding hydrogens is 205 g/mol. The van der Waals surface area contributed by atoms with Crippen LogP contribution in [0.25, 0.3) is 0 Å². The van der Waals surface area contributed by atoms with Crippen molar-refractivity contribution in [1.29, 1.82) is 0 Å². The van der Waals surface area contributed by atoms with Gasteiger partial charge in [0.15, 0.2) is 0 Å². The van der Waals surface area contributed by atoms with Crippen LogP contribution in [0.1, 0.15) is 26.5 Å². The van der Waals surface area contributed by atoms with Gasteiger partial charge in [0.2, 0.25) is 0 Å². The quantitative estimate of drug-likeness (QED) is 0.782. The summed E-state index contributed by atoms with van der Waals surface area (Å²) in [5.41, 5.74) is -0.487. The Labute approximate surface area is 86.5 Å². The van der Waals surface area contributed by atoms with Crippen LogP contribution in [0, 0.1) is 0 Å². The summed E-state index contributed by atoms with van der Waals surface area (Å²) in [5.74, 6) is 0. The van der Waals surface area contributed by atoms with E-state index in [0.717, 1.165) is 6.07 Å². The molecule has 1 aromatic heterocycles. The van der Waals surface area contributed by atoms with Gasteiger partial charge in [0.1, 0.15) is 5.69 Å². The number of hydrogen-bond donors (Lipinski definition) is 1. The van der Waals surface area contributed by atoms with Crippen LogP contribution >= 0.6 is 0 Å². The van der Waals surface area contributed by atoms with E-state index < -0.39 is 11.9 Å². The van der Waals surface area contributed by atoms with E-state index in [1.165, 1.54) is 12.3 Å². The zero-order valence-corrected chi connectivity index (χ0v) is 8.81. The first-order valence-electron chi connectivity index (χ1n) is 4.50. The highest BCUT2D eigenvalue weighted by atomic mass is 19.4. The number of rotatable bonds is 1. The van der Waals surface area contributed by atoms with E-state index in [2.05, 4.69) is 10.3 Å². The smallest absolute Gasteiger partial charge is 0.379 e. The molecule has 1 heterocycles. The first-order chi connectivity index (χ1) is 6.68. The van der Waals surface area contributed by atoms with E-state index in [9.17, 15) is 13.2 Å². The molecule has 0 aliphatic carbocycles. The molecule has 0 saturated carbocycles. The summed E-state index contributed by atoms with van der Waals surface area (Å²) < 4.78 is 36.5. The average molecular weight is 218 g/mol. The highest BCUT2D eigenvalue weighted by molar-refractivity contribution is 5.43. The zero-order valence-electron chi connectivity index (χ0n) is 8.81. The van der Waals surface area contributed by atoms with E-state index in [-0.39, 0.29) is 5.54 Å². The summed E-state index contributed by atoms with van der Waals surface area (Å²) in [6.45, 7) is 5.76. The van der Waals surface area contributed by atoms with Gasteiger partial charge in [-0.15, -0.1) is 0 Å². The van der Waals surface area contributed by atoms with E-state index >= 15 is 0 Å². The monoisotopic (exact) mass is 218 g/mol. The summed E-state index contributed by atoms with van der Waals surface area (Å²) in [5, 5.41) is 3.03. The molecule has 2 nitrogen and oxygen atoms in total. The van der Waals surface area contributed by atoms with Crippen molar-refractivity contribution in [1.82, 2.24) is 4.98 Å². The molecule has 1 aromatic rings. The Bertz CT molecular complexity index is 322. The third-order valence-corrected chi connectivity index (χ3v) is 1.57. The Hall–Kier alpha value is -1.26. The summed E-state index contributed by atoms with van der Waals surface area (Å²) in [6, 6.07) is 2.34. The van der Waals surface area contributed by atoms with Crippen LogP contribution in [-0.4, -0.2) is 10.5 Å². The fraction of sp³-hybridized carbons (Fsp3) is 0.500. The molecular formula is C10H13F3N2. The SMILES string of the molecule is CC(C)(C)Nc1ccc(C(F)(F)F)nc1. The lowest BCUT2D eigenvalue weighted by Gasteiger charge is -2.21. The first kappa shape index (κ1) is 11.8. The molecule has 0 fully saturated rings. The van der Waals surface area contributed by atoms with Gasteiger partial charge in [-0.3, -0.25) is 0 Å². The number of anilines is 1. The Balaban J connectivity index is 2.82. The zero-order chi connectivity index (χ0) is 11.7. The van der Waals surface area contributed by atoms with Gasteiger partial charge in [-0.05, 0) is 32.9 Å². The fourth-order valence-corrected chi connectivity index (χ4v) is 1.07. The normalized spacial score (nSPS) is 12.7. The second-order valence-electron chi connectivity index (χ2n) is 4.30. The Morgan fingerprint density at radius 1 is 1.13 bits per heavy atom. The molecule has 0 amide bonds. The number of nitrogens with zero attached hydrogens (tertiary/aromatic N) is 1. The second kappa shape index (κ2) is 3.72. The largest absolute Gasteiger partial charge is 0.433 e. The van der Waals surface area contributed by atoms with Crippen molar-refractivity contribution in [3.8, 4) is 0 Å². The lowest BCUT2D eigenvalue weighted by atomic mass is 10.1. The molecule has 5 heteroatoms. The molecule has 15 heavy (non-hydrogen) atoms. The highest BCUT2D eigenvalue weighted by Crippen LogP contribution is 2.28. The standard InChI is InChI=1S/C10H13F3N2/c1-9(2,3)15-7-4-5-8(14-6-7)10(11,12)13/h4-6,15H,1-3H3. The van der Waals surface area contributed by atoms with Crippen molar-refractivity contribution in [3.05, 3.63) is 24.0 Å². The van der Waals surface area contributed by atoms with Gasteiger partial charge in [0.25, 0.3) is 0 Å². The van der Waals surface area contributed by atoms with Crippen LogP contribution in [0.4, 0.5) is 18.9 Å². The maximum absolute atomic E-state index is 12.2. The number of halogens is 3. The van der Waals surface area contributed by atoms with E-state index in [1.807, 2.05) is 20.8 Å². The number of alkyl halides is 3. The highest BCUT2D eigenvalue weighted by Gasteiger charge is 2.32. The van der Waals surface area contributed by atoms with Crippen molar-refractivity contribution >= 4 is 5.69 Å². The van der Waals surface area contributed by atoms with Crippen LogP contribution in [0.2, 0.25) is 0 Å². The van der Waals surface area contributed by atoms with Gasteiger partial charge < -0.3 is 5.32 Å². The van der Waals surface area contributed by atoms with Gasteiger partial charge in [-0.2, -0.15) is 13.2 Å². The molecule has 1 rings (SSSR count). The summed E-state index contributed by atoms with van der Waals surface area (Å²) >= 11 is 0. The summed E-state index contributed by atoms with van der Waals surface area (Å²) in [6.07, 6.45) is -3.19. The van der Waals surface area contributed by atoms with Gasteiger partial charge in [0, 0.05) is 5.54 Å². The molecule has 0 aromatic carbocycles. The van der Waals surface area contributed by atoms with Gasteiger partial charge in [0.05, 0.1) is 11.9 Å². The molecule has 0 bridgehead atoms. The Morgan fingerprint density at radius 3 is 2.07 bits per heavy atom. The minimum atomic E-state index is -4.37. The molecule has 0 aliphatic rings. The second-order valence-corrected chi connectivity index (χ2v) is 4.30. The van der Waals surface area contributed by atoms with Crippen LogP contribution in [0.3, 0.4) is 0 Å². The molecule has 0 saturated heterocycles. The predicted molar refractivity (Wildman–Crippen MR) is 52.6 cm³/mol. The van der Waals surface area contributed by atoms with Crippen molar-refractivity contribution in [2.75, 3.05) is 5.32 Å². The predicted octanol–water partition coefficient (Wildman–Crippen LogP) is 3.31. The van der Waals surface area contributed by atoms with Crippen molar-refractivity contribution < 1.29 is 13.2 Å². The van der Waals surface area contributed by atoms with E-state index in [1.54, 1.807) is 0 Å². The minimum absolute atomic E-state index is 0.193. The van der Waals surface area contributed by atoms with Crippen LogP contribution < -0.4 is 5.32 Å². The number of nitrogens with one attached hydrogen (secondary N) is 1. The minimum Gasteiger partial charge on any atom is -0.379 e. The number of pyridine rings is 1. The lowest BCUT2D eigenvalue weighted by molar-refractivity contribution is -0.141. The molecule has 0 spiro atoms. The van der Waals surface area contributed by atoms with Crippen molar-refractivity contribution in [3.63, 3.8) is 0 Å². The lowest BCUT2D eigenvalue weighted by Crippen LogP contribution is -2.26. The third-order valence-electron chi connectivity index (χ3n) is 1.57. The molecule has 0 unspecified atom stereocenters. The average Bonchev–Trinajstić information content (AvgIpc) is 2.00. The van der Waals surface area contributed by atoms with Crippen LogP contribution in [0.15, 0.2) is 18.3 Å². The maximum Gasteiger partial charge on any atom is 0.433 e. The van der Waals surface area contributed by atoms with E-state index in [0.29, 0.717) is 5.69 Å². The molecule has 0 radical (unpaired) electrons. The number of hydrogen-bond acceptors (Lipinski definition) is 2. The van der Waals surface area contributed by atoms with Crippen LogP contribution in [0.5, 0.6) is 0 Å². The summed E-state index contributed by atoms with van der Waals surface area (Å²) in [4.78, 5) is 3.35. The van der Waals surface area contributed by atoms with E-state index in [4.69, 9.17) is 0 Å². The van der Waals surface area contributed by atoms with Gasteiger partial charge in [-0.1, -0.05) is 0 Å². The van der Waals surface area contributed by atoms with Crippen molar-refractivity contribution in [2.45, 2.75) is 32.5 Å². The molecule has 0 atom stereocenters. The fourth-order valence-electron chi connectivity index (χ4n) is 1.07. The Kier molecular flexibility index (Phi) is 2.93. The molecule has 84 valence electrons. The molecule has 0 aliphatic heterocycles. The van der Waals surface area contributed by atoms with Gasteiger partial charge >= 0.3 is 6.18 Å². The maximum atomic E-state index is 12.2. The van der Waals surface area contributed by atoms with Gasteiger partial charge in [-0.25, -0.2) is 4.98 Å². The summed E-state index contributed by atoms with van der Waals surface area (Å²) in [7, 11) is 0. The topological polar surface area (TPSA) is 24.9 Å². The first-order valence-corrected chi connectivity index (χ1v) is 4.50. The number of aromatic nitrogens is 1. The van der Waals surface area contributed by atoms with Crippen LogP contribution in [-0.2, 0) is 6.18 Å². The van der Waals surface area contributed by atoms with Crippen molar-refractivity contribution in [2.24, 2.45) is 0 Å². The third kappa shape index (κ3) is 3.77. The molecule has 1 N–H and O–H groups in total. The Morgan fingerprint density at radius 2 is 1.73 bits per heavy atom.